The van der Waals surface area contributed by atoms with Crippen molar-refractivity contribution in [2.24, 2.45) is 11.8 Å². The molecule has 1 aliphatic carbocycles. The van der Waals surface area contributed by atoms with E-state index in [1.165, 1.54) is 4.90 Å². The number of hydrogen-bond acceptors (Lipinski definition) is 4. The fraction of sp³-hybridized carbons (Fsp3) is 0.500. The molecule has 24 heavy (non-hydrogen) atoms. The Balaban J connectivity index is 1.53. The first kappa shape index (κ1) is 15.2. The molecule has 6 nitrogen and oxygen atoms in total. The fourth-order valence-corrected chi connectivity index (χ4v) is 4.04. The Hall–Kier alpha value is -2.37. The number of carbonyl (C=O) groups is 3. The van der Waals surface area contributed by atoms with E-state index in [0.29, 0.717) is 24.6 Å². The molecule has 2 aliphatic heterocycles. The number of nitrogens with zero attached hydrogens (tertiary/aromatic N) is 2. The van der Waals surface area contributed by atoms with Crippen LogP contribution in [0, 0.1) is 11.8 Å². The third-order valence-electron chi connectivity index (χ3n) is 5.26. The number of imide groups is 1. The lowest BCUT2D eigenvalue weighted by molar-refractivity contribution is -0.143. The molecule has 3 aliphatic rings. The van der Waals surface area contributed by atoms with Crippen LogP contribution in [0.3, 0.4) is 0 Å². The average molecular weight is 328 g/mol. The molecular formula is C18H20N2O4. The maximum absolute atomic E-state index is 12.7. The summed E-state index contributed by atoms with van der Waals surface area (Å²) in [6, 6.07) is 7.33. The van der Waals surface area contributed by atoms with Crippen LogP contribution in [0.5, 0.6) is 5.75 Å². The van der Waals surface area contributed by atoms with Gasteiger partial charge in [-0.3, -0.25) is 19.3 Å². The minimum atomic E-state index is -0.230. The fourth-order valence-electron chi connectivity index (χ4n) is 4.04. The van der Waals surface area contributed by atoms with Gasteiger partial charge < -0.3 is 9.64 Å². The smallest absolute Gasteiger partial charge is 0.247 e. The van der Waals surface area contributed by atoms with Crippen molar-refractivity contribution in [3.05, 3.63) is 24.3 Å². The third kappa shape index (κ3) is 2.37. The number of carbonyl (C=O) groups excluding carboxylic acids is 3. The molecule has 0 spiro atoms. The van der Waals surface area contributed by atoms with Crippen LogP contribution < -0.4 is 9.64 Å². The van der Waals surface area contributed by atoms with Crippen molar-refractivity contribution in [2.45, 2.75) is 25.7 Å². The molecule has 2 heterocycles. The molecule has 0 aromatic heterocycles. The summed E-state index contributed by atoms with van der Waals surface area (Å²) in [5.74, 6) is -0.331. The zero-order chi connectivity index (χ0) is 16.7. The molecule has 126 valence electrons. The van der Waals surface area contributed by atoms with Gasteiger partial charge in [-0.05, 0) is 25.0 Å². The molecule has 2 fully saturated rings. The van der Waals surface area contributed by atoms with Crippen LogP contribution in [0.2, 0.25) is 0 Å². The summed E-state index contributed by atoms with van der Waals surface area (Å²) < 4.78 is 5.55. The van der Waals surface area contributed by atoms with Crippen molar-refractivity contribution < 1.29 is 19.1 Å². The van der Waals surface area contributed by atoms with Crippen molar-refractivity contribution in [3.8, 4) is 5.75 Å². The topological polar surface area (TPSA) is 66.9 Å². The highest BCUT2D eigenvalue weighted by atomic mass is 16.5. The highest BCUT2D eigenvalue weighted by Gasteiger charge is 2.48. The number of ether oxygens (including phenoxy) is 1. The normalized spacial score (nSPS) is 26.0. The molecule has 1 aromatic rings. The summed E-state index contributed by atoms with van der Waals surface area (Å²) >= 11 is 0. The molecule has 2 atom stereocenters. The van der Waals surface area contributed by atoms with Crippen molar-refractivity contribution in [1.29, 1.82) is 0 Å². The second kappa shape index (κ2) is 5.92. The van der Waals surface area contributed by atoms with Crippen LogP contribution in [0.1, 0.15) is 25.7 Å². The minimum Gasteiger partial charge on any atom is -0.490 e. The van der Waals surface area contributed by atoms with E-state index in [1.54, 1.807) is 4.90 Å². The minimum absolute atomic E-state index is 0.167. The molecule has 0 bridgehead atoms. The first-order valence-corrected chi connectivity index (χ1v) is 8.54. The van der Waals surface area contributed by atoms with E-state index in [9.17, 15) is 14.4 Å². The molecule has 1 saturated heterocycles. The largest absolute Gasteiger partial charge is 0.490 e. The Bertz CT molecular complexity index is 678. The Morgan fingerprint density at radius 1 is 1.08 bits per heavy atom. The summed E-state index contributed by atoms with van der Waals surface area (Å²) in [7, 11) is 0. The lowest BCUT2D eigenvalue weighted by atomic mass is 9.81. The number of likely N-dealkylation sites (tertiary alicyclic amines) is 1. The van der Waals surface area contributed by atoms with Crippen molar-refractivity contribution >= 4 is 23.4 Å². The number of rotatable bonds is 2. The number of para-hydroxylation sites is 2. The maximum atomic E-state index is 12.7. The summed E-state index contributed by atoms with van der Waals surface area (Å²) in [5, 5.41) is 0. The monoisotopic (exact) mass is 328 g/mol. The van der Waals surface area contributed by atoms with Gasteiger partial charge in [-0.15, -0.1) is 0 Å². The molecule has 0 radical (unpaired) electrons. The predicted octanol–water partition coefficient (Wildman–Crippen LogP) is 1.59. The highest BCUT2D eigenvalue weighted by molar-refractivity contribution is 6.09. The molecule has 0 N–H and O–H groups in total. The summed E-state index contributed by atoms with van der Waals surface area (Å²) in [4.78, 5) is 40.6. The lowest BCUT2D eigenvalue weighted by Crippen LogP contribution is -2.46. The third-order valence-corrected chi connectivity index (χ3v) is 5.26. The quantitative estimate of drug-likeness (QED) is 0.773. The predicted molar refractivity (Wildman–Crippen MR) is 86.5 cm³/mol. The van der Waals surface area contributed by atoms with E-state index in [-0.39, 0.29) is 36.1 Å². The van der Waals surface area contributed by atoms with Gasteiger partial charge in [0.25, 0.3) is 0 Å². The van der Waals surface area contributed by atoms with Gasteiger partial charge in [0, 0.05) is 0 Å². The first-order valence-electron chi connectivity index (χ1n) is 8.54. The Labute approximate surface area is 140 Å². The molecule has 1 saturated carbocycles. The van der Waals surface area contributed by atoms with Crippen LogP contribution in [-0.2, 0) is 14.4 Å². The van der Waals surface area contributed by atoms with Crippen LogP contribution in [0.15, 0.2) is 24.3 Å². The zero-order valence-electron chi connectivity index (χ0n) is 13.4. The highest BCUT2D eigenvalue weighted by Crippen LogP contribution is 2.38. The second-order valence-electron chi connectivity index (χ2n) is 6.62. The second-order valence-corrected chi connectivity index (χ2v) is 6.62. The van der Waals surface area contributed by atoms with Crippen molar-refractivity contribution in [2.75, 3.05) is 24.6 Å². The SMILES string of the molecule is O=C1[C@H]2CCCC[C@@H]2C(=O)N1CC(=O)N1CCOc2ccccc21. The van der Waals surface area contributed by atoms with E-state index >= 15 is 0 Å². The Kier molecular flexibility index (Phi) is 3.75. The van der Waals surface area contributed by atoms with Crippen LogP contribution in [0.25, 0.3) is 0 Å². The van der Waals surface area contributed by atoms with Gasteiger partial charge in [0.2, 0.25) is 17.7 Å². The summed E-state index contributed by atoms with van der Waals surface area (Å²) in [6.07, 6.45) is 3.50. The number of benzene rings is 1. The molecule has 6 heteroatoms. The summed E-state index contributed by atoms with van der Waals surface area (Å²) in [5.41, 5.74) is 0.699. The van der Waals surface area contributed by atoms with E-state index in [1.807, 2.05) is 24.3 Å². The van der Waals surface area contributed by atoms with E-state index < -0.39 is 0 Å². The number of amides is 3. The number of fused-ring (bicyclic) bond motifs is 2. The standard InChI is InChI=1S/C18H20N2O4/c21-16(19-9-10-24-15-8-4-3-7-14(15)19)11-20-17(22)12-5-1-2-6-13(12)18(20)23/h3-4,7-8,12-13H,1-2,5-6,9-11H2/t12-,13-/m0/s1. The van der Waals surface area contributed by atoms with Crippen molar-refractivity contribution in [1.82, 2.24) is 4.90 Å². The van der Waals surface area contributed by atoms with E-state index in [4.69, 9.17) is 4.74 Å². The number of anilines is 1. The van der Waals surface area contributed by atoms with Gasteiger partial charge >= 0.3 is 0 Å². The van der Waals surface area contributed by atoms with Gasteiger partial charge in [-0.2, -0.15) is 0 Å². The molecule has 3 amide bonds. The zero-order valence-corrected chi connectivity index (χ0v) is 13.4. The average Bonchev–Trinajstić information content (AvgIpc) is 2.86. The van der Waals surface area contributed by atoms with Crippen LogP contribution >= 0.6 is 0 Å². The van der Waals surface area contributed by atoms with Crippen molar-refractivity contribution in [3.63, 3.8) is 0 Å². The van der Waals surface area contributed by atoms with Gasteiger partial charge in [0.05, 0.1) is 24.1 Å². The Morgan fingerprint density at radius 3 is 2.46 bits per heavy atom. The molecule has 1 aromatic carbocycles. The van der Waals surface area contributed by atoms with Gasteiger partial charge in [0.1, 0.15) is 18.9 Å². The molecular weight excluding hydrogens is 308 g/mol. The Morgan fingerprint density at radius 2 is 1.75 bits per heavy atom. The van der Waals surface area contributed by atoms with E-state index in [2.05, 4.69) is 0 Å². The molecule has 0 unspecified atom stereocenters. The van der Waals surface area contributed by atoms with E-state index in [0.717, 1.165) is 25.7 Å². The summed E-state index contributed by atoms with van der Waals surface area (Å²) in [6.45, 7) is 0.674. The van der Waals surface area contributed by atoms with Gasteiger partial charge in [-0.1, -0.05) is 25.0 Å². The van der Waals surface area contributed by atoms with Crippen LogP contribution in [0.4, 0.5) is 5.69 Å². The molecule has 4 rings (SSSR count). The number of hydrogen-bond donors (Lipinski definition) is 0. The first-order chi connectivity index (χ1) is 11.7. The van der Waals surface area contributed by atoms with Gasteiger partial charge in [-0.25, -0.2) is 0 Å². The lowest BCUT2D eigenvalue weighted by Gasteiger charge is -2.30. The van der Waals surface area contributed by atoms with Crippen LogP contribution in [-0.4, -0.2) is 42.3 Å². The maximum Gasteiger partial charge on any atom is 0.247 e. The van der Waals surface area contributed by atoms with Gasteiger partial charge in [0.15, 0.2) is 0 Å².